The van der Waals surface area contributed by atoms with Gasteiger partial charge in [-0.05, 0) is 18.6 Å². The Morgan fingerprint density at radius 2 is 2.21 bits per heavy atom. The highest BCUT2D eigenvalue weighted by Gasteiger charge is 2.46. The van der Waals surface area contributed by atoms with Gasteiger partial charge in [-0.1, -0.05) is 17.7 Å². The minimum Gasteiger partial charge on any atom is -0.481 e. The van der Waals surface area contributed by atoms with E-state index >= 15 is 0 Å². The summed E-state index contributed by atoms with van der Waals surface area (Å²) in [6.07, 6.45) is 0.420. The number of benzene rings is 1. The van der Waals surface area contributed by atoms with Crippen LogP contribution in [-0.2, 0) is 9.59 Å². The van der Waals surface area contributed by atoms with Crippen molar-refractivity contribution in [2.75, 3.05) is 6.54 Å². The van der Waals surface area contributed by atoms with E-state index in [1.807, 2.05) is 0 Å². The average molecular weight is 286 g/mol. The minimum atomic E-state index is -0.968. The first kappa shape index (κ1) is 13.8. The Morgan fingerprint density at radius 1 is 1.47 bits per heavy atom. The van der Waals surface area contributed by atoms with Crippen LogP contribution >= 0.6 is 11.6 Å². The van der Waals surface area contributed by atoms with Gasteiger partial charge in [0.2, 0.25) is 5.91 Å². The van der Waals surface area contributed by atoms with Gasteiger partial charge >= 0.3 is 5.97 Å². The SMILES string of the molecule is O=C(O)CCNC(=O)[C@@H]1C[C@@H]1c1c(F)cccc1Cl. The largest absolute Gasteiger partial charge is 0.481 e. The van der Waals surface area contributed by atoms with Gasteiger partial charge in [0.25, 0.3) is 0 Å². The van der Waals surface area contributed by atoms with E-state index in [1.165, 1.54) is 12.1 Å². The molecule has 102 valence electrons. The van der Waals surface area contributed by atoms with E-state index in [1.54, 1.807) is 6.07 Å². The summed E-state index contributed by atoms with van der Waals surface area (Å²) in [7, 11) is 0. The number of amides is 1. The molecule has 2 N–H and O–H groups in total. The summed E-state index contributed by atoms with van der Waals surface area (Å²) in [4.78, 5) is 22.0. The summed E-state index contributed by atoms with van der Waals surface area (Å²) in [6, 6.07) is 4.43. The molecule has 0 spiro atoms. The minimum absolute atomic E-state index is 0.0857. The van der Waals surface area contributed by atoms with Gasteiger partial charge in [0, 0.05) is 29.0 Å². The summed E-state index contributed by atoms with van der Waals surface area (Å²) in [5.41, 5.74) is 0.377. The molecule has 4 nitrogen and oxygen atoms in total. The maximum absolute atomic E-state index is 13.6. The molecule has 0 unspecified atom stereocenters. The van der Waals surface area contributed by atoms with Crippen molar-refractivity contribution in [1.82, 2.24) is 5.32 Å². The number of carboxylic acids is 1. The van der Waals surface area contributed by atoms with Crippen molar-refractivity contribution in [3.63, 3.8) is 0 Å². The van der Waals surface area contributed by atoms with Crippen LogP contribution in [0, 0.1) is 11.7 Å². The Hall–Kier alpha value is -1.62. The Labute approximate surface area is 114 Å². The molecule has 1 amide bonds. The second kappa shape index (κ2) is 5.57. The highest BCUT2D eigenvalue weighted by molar-refractivity contribution is 6.31. The molecule has 2 rings (SSSR count). The second-order valence-electron chi connectivity index (χ2n) is 4.52. The number of aliphatic carboxylic acids is 1. The molecule has 1 aromatic carbocycles. The third-order valence-corrected chi connectivity index (χ3v) is 3.47. The van der Waals surface area contributed by atoms with E-state index in [4.69, 9.17) is 16.7 Å². The number of hydrogen-bond donors (Lipinski definition) is 2. The zero-order chi connectivity index (χ0) is 14.0. The first-order valence-electron chi connectivity index (χ1n) is 5.94. The zero-order valence-electron chi connectivity index (χ0n) is 10.0. The normalized spacial score (nSPS) is 20.9. The van der Waals surface area contributed by atoms with Crippen molar-refractivity contribution >= 4 is 23.5 Å². The summed E-state index contributed by atoms with van der Waals surface area (Å²) < 4.78 is 13.6. The molecule has 2 atom stereocenters. The van der Waals surface area contributed by atoms with Crippen molar-refractivity contribution in [1.29, 1.82) is 0 Å². The molecular weight excluding hydrogens is 273 g/mol. The number of rotatable bonds is 5. The summed E-state index contributed by atoms with van der Waals surface area (Å²) >= 11 is 5.93. The molecule has 6 heteroatoms. The lowest BCUT2D eigenvalue weighted by Crippen LogP contribution is -2.27. The Morgan fingerprint density at radius 3 is 2.84 bits per heavy atom. The fraction of sp³-hybridized carbons (Fsp3) is 0.385. The third kappa shape index (κ3) is 3.23. The first-order chi connectivity index (χ1) is 9.00. The van der Waals surface area contributed by atoms with Crippen molar-refractivity contribution in [3.05, 3.63) is 34.6 Å². The van der Waals surface area contributed by atoms with Gasteiger partial charge in [-0.2, -0.15) is 0 Å². The smallest absolute Gasteiger partial charge is 0.305 e. The molecule has 0 saturated heterocycles. The van der Waals surface area contributed by atoms with Crippen LogP contribution in [-0.4, -0.2) is 23.5 Å². The number of carboxylic acid groups (broad SMARTS) is 1. The van der Waals surface area contributed by atoms with Gasteiger partial charge in [-0.3, -0.25) is 9.59 Å². The lowest BCUT2D eigenvalue weighted by Gasteiger charge is -2.06. The number of hydrogen-bond acceptors (Lipinski definition) is 2. The highest BCUT2D eigenvalue weighted by atomic mass is 35.5. The van der Waals surface area contributed by atoms with Crippen LogP contribution < -0.4 is 5.32 Å². The zero-order valence-corrected chi connectivity index (χ0v) is 10.8. The molecule has 19 heavy (non-hydrogen) atoms. The number of carbonyl (C=O) groups excluding carboxylic acids is 1. The second-order valence-corrected chi connectivity index (χ2v) is 4.93. The van der Waals surface area contributed by atoms with E-state index in [0.717, 1.165) is 0 Å². The summed E-state index contributed by atoms with van der Waals surface area (Å²) in [6.45, 7) is 0.0857. The van der Waals surface area contributed by atoms with Crippen LogP contribution in [0.1, 0.15) is 24.3 Å². The van der Waals surface area contributed by atoms with Gasteiger partial charge in [0.15, 0.2) is 0 Å². The monoisotopic (exact) mass is 285 g/mol. The van der Waals surface area contributed by atoms with E-state index in [2.05, 4.69) is 5.32 Å². The maximum Gasteiger partial charge on any atom is 0.305 e. The van der Waals surface area contributed by atoms with Crippen LogP contribution in [0.4, 0.5) is 4.39 Å². The van der Waals surface area contributed by atoms with Gasteiger partial charge in [-0.15, -0.1) is 0 Å². The lowest BCUT2D eigenvalue weighted by atomic mass is 10.1. The fourth-order valence-corrected chi connectivity index (χ4v) is 2.40. The fourth-order valence-electron chi connectivity index (χ4n) is 2.09. The predicted molar refractivity (Wildman–Crippen MR) is 67.5 cm³/mol. The van der Waals surface area contributed by atoms with Crippen LogP contribution in [0.5, 0.6) is 0 Å². The third-order valence-electron chi connectivity index (χ3n) is 3.14. The molecule has 0 aliphatic heterocycles. The Balaban J connectivity index is 1.93. The molecule has 1 fully saturated rings. The van der Waals surface area contributed by atoms with E-state index in [-0.39, 0.29) is 30.7 Å². The summed E-state index contributed by atoms with van der Waals surface area (Å²) in [5, 5.41) is 11.3. The molecule has 1 aliphatic carbocycles. The molecule has 1 aromatic rings. The van der Waals surface area contributed by atoms with Crippen molar-refractivity contribution in [2.24, 2.45) is 5.92 Å². The van der Waals surface area contributed by atoms with E-state index in [9.17, 15) is 14.0 Å². The number of carbonyl (C=O) groups is 2. The molecule has 1 saturated carbocycles. The lowest BCUT2D eigenvalue weighted by molar-refractivity contribution is -0.136. The van der Waals surface area contributed by atoms with E-state index in [0.29, 0.717) is 17.0 Å². The van der Waals surface area contributed by atoms with Gasteiger partial charge < -0.3 is 10.4 Å². The number of halogens is 2. The van der Waals surface area contributed by atoms with Gasteiger partial charge in [0.1, 0.15) is 5.82 Å². The summed E-state index contributed by atoms with van der Waals surface area (Å²) in [5.74, 6) is -2.14. The van der Waals surface area contributed by atoms with Crippen LogP contribution in [0.3, 0.4) is 0 Å². The maximum atomic E-state index is 13.6. The topological polar surface area (TPSA) is 66.4 Å². The molecule has 0 aromatic heterocycles. The van der Waals surface area contributed by atoms with Crippen molar-refractivity contribution in [3.8, 4) is 0 Å². The molecular formula is C13H13ClFNO3. The van der Waals surface area contributed by atoms with Crippen LogP contribution in [0.15, 0.2) is 18.2 Å². The standard InChI is InChI=1S/C13H13ClFNO3/c14-9-2-1-3-10(15)12(9)7-6-8(7)13(19)16-5-4-11(17)18/h1-3,7-8H,4-6H2,(H,16,19)(H,17,18)/t7-,8+/m0/s1. The molecule has 0 heterocycles. The van der Waals surface area contributed by atoms with Gasteiger partial charge in [-0.25, -0.2) is 4.39 Å². The van der Waals surface area contributed by atoms with E-state index < -0.39 is 11.8 Å². The molecule has 0 bridgehead atoms. The van der Waals surface area contributed by atoms with Crippen LogP contribution in [0.25, 0.3) is 0 Å². The first-order valence-corrected chi connectivity index (χ1v) is 6.32. The molecule has 1 aliphatic rings. The molecule has 0 radical (unpaired) electrons. The van der Waals surface area contributed by atoms with Crippen molar-refractivity contribution in [2.45, 2.75) is 18.8 Å². The number of nitrogens with one attached hydrogen (secondary N) is 1. The Bertz CT molecular complexity index is 500. The Kier molecular flexibility index (Phi) is 4.04. The quantitative estimate of drug-likeness (QED) is 0.871. The predicted octanol–water partition coefficient (Wildman–Crippen LogP) is 2.17. The van der Waals surface area contributed by atoms with Crippen LogP contribution in [0.2, 0.25) is 5.02 Å². The highest BCUT2D eigenvalue weighted by Crippen LogP contribution is 2.50. The van der Waals surface area contributed by atoms with Crippen molar-refractivity contribution < 1.29 is 19.1 Å². The average Bonchev–Trinajstić information content (AvgIpc) is 3.08. The van der Waals surface area contributed by atoms with Gasteiger partial charge in [0.05, 0.1) is 6.42 Å².